The molecule has 10 heteroatoms. The SMILES string of the molecule is CCCC[C@]1(CC)CSc2cc(OS(=O)(=O)C(F)(F)F)c(OC)cc2[C@@H](c2ccccc2)N1. The Morgan fingerprint density at radius 3 is 2.42 bits per heavy atom. The fraction of sp³-hybridized carbons (Fsp3) is 0.478. The minimum Gasteiger partial charge on any atom is -0.493 e. The van der Waals surface area contributed by atoms with Gasteiger partial charge in [-0.25, -0.2) is 0 Å². The summed E-state index contributed by atoms with van der Waals surface area (Å²) in [7, 11) is -4.56. The average Bonchev–Trinajstić information content (AvgIpc) is 2.94. The van der Waals surface area contributed by atoms with Gasteiger partial charge in [-0.1, -0.05) is 57.0 Å². The number of rotatable bonds is 8. The number of methoxy groups -OCH3 is 1. The van der Waals surface area contributed by atoms with Gasteiger partial charge in [0, 0.05) is 16.2 Å². The summed E-state index contributed by atoms with van der Waals surface area (Å²) < 4.78 is 71.8. The van der Waals surface area contributed by atoms with E-state index in [1.807, 2.05) is 30.3 Å². The summed E-state index contributed by atoms with van der Waals surface area (Å²) in [6.45, 7) is 4.25. The molecule has 1 N–H and O–H groups in total. The van der Waals surface area contributed by atoms with Gasteiger partial charge >= 0.3 is 15.6 Å². The van der Waals surface area contributed by atoms with Crippen molar-refractivity contribution in [3.63, 3.8) is 0 Å². The van der Waals surface area contributed by atoms with Gasteiger partial charge in [-0.05, 0) is 36.1 Å². The first-order valence-corrected chi connectivity index (χ1v) is 13.1. The Labute approximate surface area is 197 Å². The van der Waals surface area contributed by atoms with Crippen molar-refractivity contribution >= 4 is 21.9 Å². The summed E-state index contributed by atoms with van der Waals surface area (Å²) >= 11 is 1.48. The van der Waals surface area contributed by atoms with Crippen molar-refractivity contribution in [3.05, 3.63) is 53.6 Å². The largest absolute Gasteiger partial charge is 0.534 e. The molecule has 1 aliphatic rings. The lowest BCUT2D eigenvalue weighted by Gasteiger charge is -2.36. The highest BCUT2D eigenvalue weighted by atomic mass is 32.2. The number of nitrogens with one attached hydrogen (secondary N) is 1. The van der Waals surface area contributed by atoms with Crippen LogP contribution in [0.25, 0.3) is 0 Å². The maximum Gasteiger partial charge on any atom is 0.534 e. The molecule has 0 saturated heterocycles. The highest BCUT2D eigenvalue weighted by Crippen LogP contribution is 2.46. The third-order valence-corrected chi connectivity index (χ3v) is 8.19. The molecule has 2 atom stereocenters. The van der Waals surface area contributed by atoms with Crippen LogP contribution in [0.5, 0.6) is 11.5 Å². The van der Waals surface area contributed by atoms with Crippen molar-refractivity contribution in [2.45, 2.75) is 61.5 Å². The molecule has 182 valence electrons. The molecule has 1 aliphatic heterocycles. The van der Waals surface area contributed by atoms with E-state index in [-0.39, 0.29) is 17.3 Å². The molecule has 0 saturated carbocycles. The molecule has 0 spiro atoms. The number of unbranched alkanes of at least 4 members (excludes halogenated alkanes) is 1. The molecule has 0 radical (unpaired) electrons. The quantitative estimate of drug-likeness (QED) is 0.350. The van der Waals surface area contributed by atoms with Crippen LogP contribution in [-0.2, 0) is 10.1 Å². The van der Waals surface area contributed by atoms with Gasteiger partial charge in [0.2, 0.25) is 0 Å². The molecular formula is C23H28F3NO4S2. The van der Waals surface area contributed by atoms with E-state index < -0.39 is 21.4 Å². The average molecular weight is 504 g/mol. The molecule has 1 heterocycles. The predicted molar refractivity (Wildman–Crippen MR) is 123 cm³/mol. The Morgan fingerprint density at radius 1 is 1.15 bits per heavy atom. The number of halogens is 3. The Bertz CT molecular complexity index is 1060. The van der Waals surface area contributed by atoms with E-state index in [0.29, 0.717) is 10.6 Å². The van der Waals surface area contributed by atoms with Gasteiger partial charge in [0.1, 0.15) is 0 Å². The molecule has 2 aromatic rings. The van der Waals surface area contributed by atoms with Crippen molar-refractivity contribution < 1.29 is 30.5 Å². The van der Waals surface area contributed by atoms with E-state index in [2.05, 4.69) is 23.3 Å². The van der Waals surface area contributed by atoms with Crippen LogP contribution in [0.15, 0.2) is 47.4 Å². The zero-order valence-electron chi connectivity index (χ0n) is 18.7. The Morgan fingerprint density at radius 2 is 1.85 bits per heavy atom. The van der Waals surface area contributed by atoms with Gasteiger partial charge in [-0.15, -0.1) is 11.8 Å². The molecule has 33 heavy (non-hydrogen) atoms. The smallest absolute Gasteiger partial charge is 0.493 e. The maximum absolute atomic E-state index is 12.9. The van der Waals surface area contributed by atoms with Crippen molar-refractivity contribution in [3.8, 4) is 11.5 Å². The number of fused-ring (bicyclic) bond motifs is 1. The molecule has 3 rings (SSSR count). The molecule has 0 fully saturated rings. The van der Waals surface area contributed by atoms with Crippen molar-refractivity contribution in [2.75, 3.05) is 12.9 Å². The molecule has 0 aromatic heterocycles. The second-order valence-corrected chi connectivity index (χ2v) is 10.6. The van der Waals surface area contributed by atoms with Gasteiger partial charge in [0.25, 0.3) is 0 Å². The van der Waals surface area contributed by atoms with Crippen LogP contribution in [0.4, 0.5) is 13.2 Å². The highest BCUT2D eigenvalue weighted by Gasteiger charge is 2.49. The third kappa shape index (κ3) is 5.60. The summed E-state index contributed by atoms with van der Waals surface area (Å²) in [6, 6.07) is 12.4. The normalized spacial score (nSPS) is 21.2. The fourth-order valence-electron chi connectivity index (χ4n) is 3.89. The van der Waals surface area contributed by atoms with E-state index >= 15 is 0 Å². The monoisotopic (exact) mass is 503 g/mol. The lowest BCUT2D eigenvalue weighted by atomic mass is 9.88. The van der Waals surface area contributed by atoms with E-state index in [4.69, 9.17) is 4.74 Å². The lowest BCUT2D eigenvalue weighted by molar-refractivity contribution is -0.0500. The van der Waals surface area contributed by atoms with Crippen LogP contribution in [0.1, 0.15) is 56.7 Å². The highest BCUT2D eigenvalue weighted by molar-refractivity contribution is 7.99. The summed E-state index contributed by atoms with van der Waals surface area (Å²) in [5.41, 5.74) is -3.95. The molecule has 5 nitrogen and oxygen atoms in total. The second-order valence-electron chi connectivity index (χ2n) is 8.04. The number of hydrogen-bond donors (Lipinski definition) is 1. The van der Waals surface area contributed by atoms with Gasteiger partial charge in [-0.2, -0.15) is 21.6 Å². The molecule has 2 aromatic carbocycles. The van der Waals surface area contributed by atoms with Crippen molar-refractivity contribution in [2.24, 2.45) is 0 Å². The first kappa shape index (κ1) is 25.7. The fourth-order valence-corrected chi connectivity index (χ4v) is 5.75. The van der Waals surface area contributed by atoms with Crippen LogP contribution in [0, 0.1) is 0 Å². The van der Waals surface area contributed by atoms with E-state index in [1.165, 1.54) is 24.9 Å². The number of benzene rings is 2. The second kappa shape index (κ2) is 10.1. The lowest BCUT2D eigenvalue weighted by Crippen LogP contribution is -2.48. The van der Waals surface area contributed by atoms with Crippen LogP contribution in [0.3, 0.4) is 0 Å². The zero-order chi connectivity index (χ0) is 24.3. The first-order chi connectivity index (χ1) is 15.6. The Balaban J connectivity index is 2.13. The predicted octanol–water partition coefficient (Wildman–Crippen LogP) is 6.05. The summed E-state index contributed by atoms with van der Waals surface area (Å²) in [5, 5.41) is 3.81. The number of alkyl halides is 3. The topological polar surface area (TPSA) is 64.6 Å². The molecule has 0 unspecified atom stereocenters. The van der Waals surface area contributed by atoms with Gasteiger partial charge < -0.3 is 8.92 Å². The molecule has 0 amide bonds. The van der Waals surface area contributed by atoms with Crippen LogP contribution < -0.4 is 14.2 Å². The van der Waals surface area contributed by atoms with Gasteiger partial charge in [0.15, 0.2) is 11.5 Å². The van der Waals surface area contributed by atoms with Crippen LogP contribution >= 0.6 is 11.8 Å². The maximum atomic E-state index is 12.9. The van der Waals surface area contributed by atoms with E-state index in [1.54, 1.807) is 6.07 Å². The summed E-state index contributed by atoms with van der Waals surface area (Å²) in [4.78, 5) is 0.649. The molecular weight excluding hydrogens is 475 g/mol. The third-order valence-electron chi connectivity index (χ3n) is 5.86. The van der Waals surface area contributed by atoms with Crippen molar-refractivity contribution in [1.82, 2.24) is 5.32 Å². The van der Waals surface area contributed by atoms with Crippen LogP contribution in [0.2, 0.25) is 0 Å². The van der Waals surface area contributed by atoms with Gasteiger partial charge in [-0.3, -0.25) is 5.32 Å². The van der Waals surface area contributed by atoms with Gasteiger partial charge in [0.05, 0.1) is 13.2 Å². The zero-order valence-corrected chi connectivity index (χ0v) is 20.4. The minimum atomic E-state index is -5.83. The van der Waals surface area contributed by atoms with Crippen molar-refractivity contribution in [1.29, 1.82) is 0 Å². The molecule has 0 aliphatic carbocycles. The number of ether oxygens (including phenoxy) is 1. The Hall–Kier alpha value is -1.91. The van der Waals surface area contributed by atoms with E-state index in [0.717, 1.165) is 36.8 Å². The molecule has 0 bridgehead atoms. The Kier molecular flexibility index (Phi) is 7.91. The first-order valence-electron chi connectivity index (χ1n) is 10.7. The standard InChI is InChI=1S/C23H28F3NO4S2/c1-4-6-12-22(5-2)15-32-20-14-19(31-33(28,29)23(24,25)26)18(30-3)13-17(20)21(27-22)16-10-8-7-9-11-16/h7-11,13-14,21,27H,4-6,12,15H2,1-3H3/t21-,22-/m1/s1. The summed E-state index contributed by atoms with van der Waals surface area (Å²) in [6.07, 6.45) is 3.87. The van der Waals surface area contributed by atoms with Crippen LogP contribution in [-0.4, -0.2) is 32.3 Å². The number of hydrogen-bond acceptors (Lipinski definition) is 6. The summed E-state index contributed by atoms with van der Waals surface area (Å²) in [5.74, 6) is 0.116. The minimum absolute atomic E-state index is 0.0811. The number of thioether (sulfide) groups is 1. The van der Waals surface area contributed by atoms with E-state index in [9.17, 15) is 21.6 Å².